The Bertz CT molecular complexity index is 549. The van der Waals surface area contributed by atoms with E-state index in [1.165, 1.54) is 0 Å². The normalized spacial score (nSPS) is 15.8. The molecule has 0 spiro atoms. The second-order valence-electron chi connectivity index (χ2n) is 4.02. The Labute approximate surface area is 122 Å². The highest BCUT2D eigenvalue weighted by molar-refractivity contribution is 7.87. The van der Waals surface area contributed by atoms with E-state index >= 15 is 0 Å². The van der Waals surface area contributed by atoms with E-state index in [0.29, 0.717) is 0 Å². The van der Waals surface area contributed by atoms with Crippen molar-refractivity contribution in [2.75, 3.05) is 6.61 Å². The van der Waals surface area contributed by atoms with Crippen LogP contribution in [0.2, 0.25) is 0 Å². The van der Waals surface area contributed by atoms with Gasteiger partial charge in [-0.15, -0.1) is 0 Å². The average molecular weight is 382 g/mol. The summed E-state index contributed by atoms with van der Waals surface area (Å²) in [7, 11) is -11.5. The lowest BCUT2D eigenvalue weighted by atomic mass is 10.2. The molecule has 14 heteroatoms. The molecule has 0 fully saturated rings. The highest BCUT2D eigenvalue weighted by Gasteiger charge is 2.48. The number of hydrogen-bond donors (Lipinski definition) is 0. The van der Waals surface area contributed by atoms with E-state index in [9.17, 15) is 43.2 Å². The maximum Gasteiger partial charge on any atom is 0.523 e. The molecule has 22 heavy (non-hydrogen) atoms. The fourth-order valence-corrected chi connectivity index (χ4v) is 2.20. The molecule has 134 valence electrons. The maximum absolute atomic E-state index is 12.0. The van der Waals surface area contributed by atoms with Gasteiger partial charge in [0.05, 0.1) is 12.7 Å². The molecule has 0 aromatic rings. The SMILES string of the molecule is CC(CCCCOS(=O)(=O)C(F)(F)F)OS(=O)(=O)C(F)(F)F. The van der Waals surface area contributed by atoms with E-state index < -0.39 is 44.0 Å². The molecule has 0 aliphatic rings. The monoisotopic (exact) mass is 382 g/mol. The first-order valence-corrected chi connectivity index (χ1v) is 8.37. The van der Waals surface area contributed by atoms with Crippen LogP contribution in [-0.4, -0.2) is 40.6 Å². The molecule has 0 saturated carbocycles. The Kier molecular flexibility index (Phi) is 7.11. The van der Waals surface area contributed by atoms with Gasteiger partial charge in [-0.1, -0.05) is 0 Å². The van der Waals surface area contributed by atoms with Gasteiger partial charge in [0.1, 0.15) is 0 Å². The molecule has 1 unspecified atom stereocenters. The van der Waals surface area contributed by atoms with Gasteiger partial charge in [0, 0.05) is 0 Å². The van der Waals surface area contributed by atoms with Crippen LogP contribution in [0.3, 0.4) is 0 Å². The van der Waals surface area contributed by atoms with Crippen LogP contribution in [0.4, 0.5) is 26.3 Å². The highest BCUT2D eigenvalue weighted by atomic mass is 32.2. The van der Waals surface area contributed by atoms with Crippen molar-refractivity contribution in [1.82, 2.24) is 0 Å². The van der Waals surface area contributed by atoms with Crippen molar-refractivity contribution in [3.63, 3.8) is 0 Å². The van der Waals surface area contributed by atoms with Gasteiger partial charge in [0.15, 0.2) is 0 Å². The van der Waals surface area contributed by atoms with E-state index in [2.05, 4.69) is 8.37 Å². The molecule has 0 amide bonds. The first kappa shape index (κ1) is 21.4. The van der Waals surface area contributed by atoms with Gasteiger partial charge in [-0.05, 0) is 26.2 Å². The minimum atomic E-state index is -5.76. The molecular formula is C8H12F6O6S2. The Hall–Kier alpha value is -0.600. The molecule has 0 saturated heterocycles. The van der Waals surface area contributed by atoms with E-state index in [4.69, 9.17) is 0 Å². The van der Waals surface area contributed by atoms with Gasteiger partial charge in [-0.25, -0.2) is 0 Å². The summed E-state index contributed by atoms with van der Waals surface area (Å²) in [4.78, 5) is 0. The molecule has 0 radical (unpaired) electrons. The van der Waals surface area contributed by atoms with Gasteiger partial charge >= 0.3 is 31.3 Å². The first-order chi connectivity index (χ1) is 9.60. The second-order valence-corrected chi connectivity index (χ2v) is 7.19. The first-order valence-electron chi connectivity index (χ1n) is 5.55. The Morgan fingerprint density at radius 3 is 1.73 bits per heavy atom. The minimum Gasteiger partial charge on any atom is -0.263 e. The van der Waals surface area contributed by atoms with Crippen LogP contribution in [0.5, 0.6) is 0 Å². The minimum absolute atomic E-state index is 0.109. The molecule has 0 bridgehead atoms. The maximum atomic E-state index is 12.0. The summed E-state index contributed by atoms with van der Waals surface area (Å²) in [6, 6.07) is 0. The summed E-state index contributed by atoms with van der Waals surface area (Å²) in [5, 5.41) is 0. The molecule has 0 heterocycles. The fourth-order valence-electron chi connectivity index (χ4n) is 1.09. The van der Waals surface area contributed by atoms with Gasteiger partial charge < -0.3 is 0 Å². The van der Waals surface area contributed by atoms with Crippen molar-refractivity contribution in [3.05, 3.63) is 0 Å². The number of alkyl halides is 6. The summed E-state index contributed by atoms with van der Waals surface area (Å²) in [6.45, 7) is 0.164. The zero-order chi connectivity index (χ0) is 17.8. The van der Waals surface area contributed by atoms with Gasteiger partial charge in [0.2, 0.25) is 0 Å². The Balaban J connectivity index is 4.15. The van der Waals surface area contributed by atoms with Crippen molar-refractivity contribution in [3.8, 4) is 0 Å². The summed E-state index contributed by atoms with van der Waals surface area (Å²) in [6.07, 6.45) is -2.01. The molecule has 0 aromatic heterocycles. The number of hydrogen-bond acceptors (Lipinski definition) is 6. The topological polar surface area (TPSA) is 86.7 Å². The molecule has 0 aliphatic carbocycles. The predicted octanol–water partition coefficient (Wildman–Crippen LogP) is 2.28. The lowest BCUT2D eigenvalue weighted by Gasteiger charge is -2.14. The summed E-state index contributed by atoms with van der Waals surface area (Å²) in [5.74, 6) is 0. The average Bonchev–Trinajstić information content (AvgIpc) is 2.24. The smallest absolute Gasteiger partial charge is 0.263 e. The number of unbranched alkanes of at least 4 members (excludes halogenated alkanes) is 1. The standard InChI is InChI=1S/C8H12F6O6S2/c1-6(20-22(17,18)8(12,13)14)4-2-3-5-19-21(15,16)7(9,10)11/h6H,2-5H2,1H3. The van der Waals surface area contributed by atoms with Crippen LogP contribution in [0.15, 0.2) is 0 Å². The Morgan fingerprint density at radius 2 is 1.32 bits per heavy atom. The van der Waals surface area contributed by atoms with E-state index in [1.54, 1.807) is 0 Å². The van der Waals surface area contributed by atoms with Crippen LogP contribution < -0.4 is 0 Å². The van der Waals surface area contributed by atoms with Crippen molar-refractivity contribution in [2.24, 2.45) is 0 Å². The molecule has 1 atom stereocenters. The summed E-state index contributed by atoms with van der Waals surface area (Å²) in [5.41, 5.74) is -11.1. The third kappa shape index (κ3) is 6.66. The van der Waals surface area contributed by atoms with Crippen LogP contribution >= 0.6 is 0 Å². The van der Waals surface area contributed by atoms with Crippen molar-refractivity contribution >= 4 is 20.2 Å². The molecule has 0 aromatic carbocycles. The van der Waals surface area contributed by atoms with Gasteiger partial charge in [-0.3, -0.25) is 8.37 Å². The van der Waals surface area contributed by atoms with Crippen molar-refractivity contribution in [1.29, 1.82) is 0 Å². The lowest BCUT2D eigenvalue weighted by molar-refractivity contribution is -0.0571. The van der Waals surface area contributed by atoms with E-state index in [0.717, 1.165) is 6.92 Å². The molecule has 0 N–H and O–H groups in total. The Morgan fingerprint density at radius 1 is 0.864 bits per heavy atom. The zero-order valence-corrected chi connectivity index (χ0v) is 12.6. The lowest BCUT2D eigenvalue weighted by Crippen LogP contribution is -2.29. The van der Waals surface area contributed by atoms with Crippen molar-refractivity contribution < 1.29 is 51.5 Å². The second kappa shape index (κ2) is 7.31. The molecular weight excluding hydrogens is 370 g/mol. The molecule has 0 rings (SSSR count). The third-order valence-corrected chi connectivity index (χ3v) is 4.29. The van der Waals surface area contributed by atoms with Crippen LogP contribution in [-0.2, 0) is 28.6 Å². The largest absolute Gasteiger partial charge is 0.523 e. The van der Waals surface area contributed by atoms with Crippen LogP contribution in [0.1, 0.15) is 26.2 Å². The van der Waals surface area contributed by atoms with Crippen LogP contribution in [0.25, 0.3) is 0 Å². The van der Waals surface area contributed by atoms with Crippen molar-refractivity contribution in [2.45, 2.75) is 43.3 Å². The molecule has 6 nitrogen and oxygen atoms in total. The van der Waals surface area contributed by atoms with Gasteiger partial charge in [-0.2, -0.15) is 43.2 Å². The van der Waals surface area contributed by atoms with E-state index in [1.807, 2.05) is 0 Å². The zero-order valence-electron chi connectivity index (χ0n) is 10.9. The fraction of sp³-hybridized carbons (Fsp3) is 1.00. The van der Waals surface area contributed by atoms with Gasteiger partial charge in [0.25, 0.3) is 0 Å². The quantitative estimate of drug-likeness (QED) is 0.277. The van der Waals surface area contributed by atoms with Crippen LogP contribution in [0, 0.1) is 0 Å². The van der Waals surface area contributed by atoms with E-state index in [-0.39, 0.29) is 19.3 Å². The summed E-state index contributed by atoms with van der Waals surface area (Å²) < 4.78 is 121. The summed E-state index contributed by atoms with van der Waals surface area (Å²) >= 11 is 0. The number of halogens is 6. The third-order valence-electron chi connectivity index (χ3n) is 2.10. The molecule has 0 aliphatic heterocycles. The number of rotatable bonds is 8. The predicted molar refractivity (Wildman–Crippen MR) is 60.3 cm³/mol. The highest BCUT2D eigenvalue weighted by Crippen LogP contribution is 2.27.